The third kappa shape index (κ3) is 4.96. The summed E-state index contributed by atoms with van der Waals surface area (Å²) in [7, 11) is 0. The average molecular weight is 338 g/mol. The molecule has 1 aromatic heterocycles. The molecule has 0 atom stereocenters. The molecular formula is C20H22N2OS. The van der Waals surface area contributed by atoms with E-state index in [2.05, 4.69) is 11.1 Å². The fourth-order valence-corrected chi connectivity index (χ4v) is 3.84. The average Bonchev–Trinajstić information content (AvgIpc) is 2.66. The van der Waals surface area contributed by atoms with Crippen LogP contribution in [-0.4, -0.2) is 34.6 Å². The summed E-state index contributed by atoms with van der Waals surface area (Å²) in [6, 6.07) is 16.0. The van der Waals surface area contributed by atoms with Crippen molar-refractivity contribution in [2.75, 3.05) is 18.8 Å². The second-order valence-corrected chi connectivity index (χ2v) is 7.03. The highest BCUT2D eigenvalue weighted by Crippen LogP contribution is 2.25. The molecule has 24 heavy (non-hydrogen) atoms. The lowest BCUT2D eigenvalue weighted by Crippen LogP contribution is -2.38. The van der Waals surface area contributed by atoms with Gasteiger partial charge in [-0.05, 0) is 42.5 Å². The molecule has 3 nitrogen and oxygen atoms in total. The molecule has 1 aliphatic heterocycles. The van der Waals surface area contributed by atoms with E-state index < -0.39 is 0 Å². The van der Waals surface area contributed by atoms with Crippen LogP contribution in [0.3, 0.4) is 0 Å². The molecule has 0 aliphatic carbocycles. The lowest BCUT2D eigenvalue weighted by atomic mass is 9.99. The molecule has 1 fully saturated rings. The van der Waals surface area contributed by atoms with Gasteiger partial charge >= 0.3 is 0 Å². The van der Waals surface area contributed by atoms with Gasteiger partial charge in [0.2, 0.25) is 5.91 Å². The van der Waals surface area contributed by atoms with Crippen molar-refractivity contribution in [1.82, 2.24) is 9.88 Å². The Morgan fingerprint density at radius 3 is 2.58 bits per heavy atom. The van der Waals surface area contributed by atoms with Crippen molar-refractivity contribution < 1.29 is 4.79 Å². The van der Waals surface area contributed by atoms with Crippen LogP contribution in [0.1, 0.15) is 18.4 Å². The third-order valence-corrected chi connectivity index (χ3v) is 5.42. The molecule has 2 aromatic rings. The zero-order valence-corrected chi connectivity index (χ0v) is 14.5. The van der Waals surface area contributed by atoms with Crippen molar-refractivity contribution in [3.05, 3.63) is 66.4 Å². The molecule has 1 aromatic carbocycles. The van der Waals surface area contributed by atoms with Gasteiger partial charge in [-0.25, -0.2) is 4.98 Å². The van der Waals surface area contributed by atoms with Crippen molar-refractivity contribution in [2.45, 2.75) is 17.9 Å². The quantitative estimate of drug-likeness (QED) is 0.607. The van der Waals surface area contributed by atoms with Gasteiger partial charge in [0.25, 0.3) is 0 Å². The highest BCUT2D eigenvalue weighted by Gasteiger charge is 2.21. The number of carbonyl (C=O) groups excluding carboxylic acids is 1. The number of thioether (sulfide) groups is 1. The van der Waals surface area contributed by atoms with Crippen LogP contribution in [0.4, 0.5) is 0 Å². The molecule has 1 aliphatic rings. The number of aromatic nitrogens is 1. The Balaban J connectivity index is 1.43. The van der Waals surface area contributed by atoms with E-state index in [0.29, 0.717) is 5.92 Å². The van der Waals surface area contributed by atoms with Crippen molar-refractivity contribution in [3.8, 4) is 0 Å². The van der Waals surface area contributed by atoms with Crippen LogP contribution < -0.4 is 0 Å². The first-order chi connectivity index (χ1) is 11.8. The highest BCUT2D eigenvalue weighted by atomic mass is 32.2. The number of carbonyl (C=O) groups is 1. The van der Waals surface area contributed by atoms with Crippen LogP contribution in [0.15, 0.2) is 65.8 Å². The minimum atomic E-state index is 0.120. The van der Waals surface area contributed by atoms with Crippen molar-refractivity contribution in [2.24, 2.45) is 5.92 Å². The van der Waals surface area contributed by atoms with Crippen LogP contribution in [-0.2, 0) is 4.79 Å². The largest absolute Gasteiger partial charge is 0.339 e. The zero-order valence-electron chi connectivity index (χ0n) is 13.7. The van der Waals surface area contributed by atoms with Crippen molar-refractivity contribution in [3.63, 3.8) is 0 Å². The van der Waals surface area contributed by atoms with Gasteiger partial charge in [-0.2, -0.15) is 0 Å². The molecule has 0 spiro atoms. The lowest BCUT2D eigenvalue weighted by molar-refractivity contribution is -0.127. The predicted molar refractivity (Wildman–Crippen MR) is 99.7 cm³/mol. The van der Waals surface area contributed by atoms with E-state index in [0.717, 1.165) is 42.3 Å². The second kappa shape index (κ2) is 8.69. The maximum atomic E-state index is 12.3. The summed E-state index contributed by atoms with van der Waals surface area (Å²) >= 11 is 1.82. The van der Waals surface area contributed by atoms with Gasteiger partial charge in [0, 0.05) is 31.1 Å². The summed E-state index contributed by atoms with van der Waals surface area (Å²) in [5.74, 6) is 1.87. The van der Waals surface area contributed by atoms with Gasteiger partial charge in [-0.15, -0.1) is 11.8 Å². The third-order valence-electron chi connectivity index (χ3n) is 4.25. The first-order valence-electron chi connectivity index (χ1n) is 8.37. The number of piperidine rings is 1. The molecule has 1 amide bonds. The molecule has 0 unspecified atom stereocenters. The number of nitrogens with zero attached hydrogens (tertiary/aromatic N) is 2. The number of hydrogen-bond donors (Lipinski definition) is 0. The number of hydrogen-bond acceptors (Lipinski definition) is 3. The van der Waals surface area contributed by atoms with E-state index in [-0.39, 0.29) is 5.91 Å². The summed E-state index contributed by atoms with van der Waals surface area (Å²) in [6.07, 6.45) is 7.57. The van der Waals surface area contributed by atoms with E-state index in [9.17, 15) is 4.79 Å². The second-order valence-electron chi connectivity index (χ2n) is 5.99. The molecule has 1 saturated heterocycles. The minimum absolute atomic E-state index is 0.120. The Morgan fingerprint density at radius 2 is 1.88 bits per heavy atom. The van der Waals surface area contributed by atoms with E-state index in [1.807, 2.05) is 71.4 Å². The van der Waals surface area contributed by atoms with E-state index in [1.165, 1.54) is 0 Å². The van der Waals surface area contributed by atoms with Gasteiger partial charge in [0.15, 0.2) is 0 Å². The Kier molecular flexibility index (Phi) is 6.07. The molecule has 0 saturated carbocycles. The van der Waals surface area contributed by atoms with Gasteiger partial charge in [0.05, 0.1) is 5.03 Å². The monoisotopic (exact) mass is 338 g/mol. The minimum Gasteiger partial charge on any atom is -0.339 e. The fraction of sp³-hybridized carbons (Fsp3) is 0.300. The number of pyridine rings is 1. The van der Waals surface area contributed by atoms with Gasteiger partial charge in [0.1, 0.15) is 0 Å². The maximum absolute atomic E-state index is 12.3. The number of benzene rings is 1. The molecule has 0 radical (unpaired) electrons. The summed E-state index contributed by atoms with van der Waals surface area (Å²) < 4.78 is 0. The maximum Gasteiger partial charge on any atom is 0.246 e. The zero-order chi connectivity index (χ0) is 16.6. The Bertz CT molecular complexity index is 665. The number of amides is 1. The summed E-state index contributed by atoms with van der Waals surface area (Å²) in [5.41, 5.74) is 1.06. The molecule has 0 N–H and O–H groups in total. The molecule has 124 valence electrons. The summed E-state index contributed by atoms with van der Waals surface area (Å²) in [4.78, 5) is 18.6. The molecular weight excluding hydrogens is 316 g/mol. The normalized spacial score (nSPS) is 15.8. The summed E-state index contributed by atoms with van der Waals surface area (Å²) in [5, 5.41) is 1.09. The van der Waals surface area contributed by atoms with Crippen molar-refractivity contribution >= 4 is 23.7 Å². The topological polar surface area (TPSA) is 33.2 Å². The van der Waals surface area contributed by atoms with Gasteiger partial charge < -0.3 is 4.90 Å². The molecule has 2 heterocycles. The van der Waals surface area contributed by atoms with Crippen LogP contribution >= 0.6 is 11.8 Å². The van der Waals surface area contributed by atoms with E-state index >= 15 is 0 Å². The lowest BCUT2D eigenvalue weighted by Gasteiger charge is -2.31. The Hall–Kier alpha value is -2.07. The van der Waals surface area contributed by atoms with E-state index in [1.54, 1.807) is 6.08 Å². The van der Waals surface area contributed by atoms with Crippen LogP contribution in [0, 0.1) is 5.92 Å². The van der Waals surface area contributed by atoms with Gasteiger partial charge in [-0.3, -0.25) is 4.79 Å². The first kappa shape index (κ1) is 16.8. The Labute approximate surface area is 147 Å². The smallest absolute Gasteiger partial charge is 0.246 e. The highest BCUT2D eigenvalue weighted by molar-refractivity contribution is 7.99. The fourth-order valence-electron chi connectivity index (χ4n) is 2.79. The number of likely N-dealkylation sites (tertiary alicyclic amines) is 1. The van der Waals surface area contributed by atoms with Crippen LogP contribution in [0.5, 0.6) is 0 Å². The predicted octanol–water partition coefficient (Wildman–Crippen LogP) is 4.13. The standard InChI is InChI=1S/C20H22N2OS/c23-20(10-9-17-6-2-1-3-7-17)22-14-11-18(12-15-22)16-24-19-8-4-5-13-21-19/h1-10,13,18H,11-12,14-16H2/b10-9+. The molecule has 3 rings (SSSR count). The Morgan fingerprint density at radius 1 is 1.12 bits per heavy atom. The van der Waals surface area contributed by atoms with Crippen molar-refractivity contribution in [1.29, 1.82) is 0 Å². The molecule has 4 heteroatoms. The number of rotatable bonds is 5. The summed E-state index contributed by atoms with van der Waals surface area (Å²) in [6.45, 7) is 1.71. The van der Waals surface area contributed by atoms with Crippen LogP contribution in [0.2, 0.25) is 0 Å². The SMILES string of the molecule is O=C(/C=C/c1ccccc1)N1CCC(CSc2ccccn2)CC1. The molecule has 0 bridgehead atoms. The van der Waals surface area contributed by atoms with E-state index in [4.69, 9.17) is 0 Å². The van der Waals surface area contributed by atoms with Crippen LogP contribution in [0.25, 0.3) is 6.08 Å². The van der Waals surface area contributed by atoms with Gasteiger partial charge in [-0.1, -0.05) is 36.4 Å². The first-order valence-corrected chi connectivity index (χ1v) is 9.36.